The number of anilines is 1. The van der Waals surface area contributed by atoms with E-state index < -0.39 is 0 Å². The van der Waals surface area contributed by atoms with Gasteiger partial charge in [0.25, 0.3) is 0 Å². The third kappa shape index (κ3) is 2.64. The molecule has 1 N–H and O–H groups in total. The van der Waals surface area contributed by atoms with Crippen molar-refractivity contribution in [1.29, 1.82) is 0 Å². The lowest BCUT2D eigenvalue weighted by Gasteiger charge is -2.23. The van der Waals surface area contributed by atoms with Crippen LogP contribution >= 0.6 is 22.9 Å². The fourth-order valence-electron chi connectivity index (χ4n) is 0.690. The summed E-state index contributed by atoms with van der Waals surface area (Å²) >= 11 is 7.22. The van der Waals surface area contributed by atoms with Gasteiger partial charge in [-0.25, -0.2) is 4.98 Å². The van der Waals surface area contributed by atoms with Gasteiger partial charge in [-0.2, -0.15) is 0 Å². The van der Waals surface area contributed by atoms with Crippen molar-refractivity contribution in [2.24, 2.45) is 0 Å². The molecule has 0 radical (unpaired) electrons. The van der Waals surface area contributed by atoms with Crippen LogP contribution in [0, 0.1) is 0 Å². The predicted octanol–water partition coefficient (Wildman–Crippen LogP) is 3.40. The molecule has 0 aliphatic carbocycles. The summed E-state index contributed by atoms with van der Waals surface area (Å²) in [7, 11) is 0. The number of thiazole rings is 1. The molecule has 0 atom stereocenters. The minimum atomic E-state index is 0.0984. The molecule has 0 fully saturated rings. The van der Waals surface area contributed by atoms with Crippen molar-refractivity contribution >= 4 is 28.1 Å². The van der Waals surface area contributed by atoms with Crippen molar-refractivity contribution in [3.63, 3.8) is 0 Å². The monoisotopic (exact) mass is 204 g/mol. The van der Waals surface area contributed by atoms with Crippen LogP contribution in [-0.4, -0.2) is 10.5 Å². The van der Waals surface area contributed by atoms with E-state index in [0.717, 1.165) is 15.9 Å². The lowest BCUT2D eigenvalue weighted by molar-refractivity contribution is 0.547. The summed E-state index contributed by atoms with van der Waals surface area (Å²) in [6, 6.07) is 0. The second-order valence-corrected chi connectivity index (χ2v) is 4.99. The van der Waals surface area contributed by atoms with Crippen molar-refractivity contribution in [2.75, 3.05) is 5.32 Å². The Balaban J connectivity index is 2.63. The van der Waals surface area contributed by atoms with Crippen molar-refractivity contribution in [3.05, 3.63) is 10.5 Å². The molecule has 0 bridgehead atoms. The molecule has 1 aromatic rings. The first-order valence-electron chi connectivity index (χ1n) is 3.93. The van der Waals surface area contributed by atoms with Gasteiger partial charge >= 0.3 is 0 Å². The number of rotatable bonds is 3. The van der Waals surface area contributed by atoms with Crippen LogP contribution in [0.25, 0.3) is 0 Å². The van der Waals surface area contributed by atoms with Gasteiger partial charge in [0.2, 0.25) is 0 Å². The predicted molar refractivity (Wildman–Crippen MR) is 55.1 cm³/mol. The summed E-state index contributed by atoms with van der Waals surface area (Å²) in [6.45, 7) is 6.42. The molecule has 0 aromatic carbocycles. The molecular weight excluding hydrogens is 192 g/mol. The fourth-order valence-corrected chi connectivity index (χ4v) is 1.68. The minimum Gasteiger partial charge on any atom is -0.357 e. The highest BCUT2D eigenvalue weighted by Crippen LogP contribution is 2.26. The maximum absolute atomic E-state index is 5.75. The Morgan fingerprint density at radius 3 is 2.75 bits per heavy atom. The number of nitrogens with zero attached hydrogens (tertiary/aromatic N) is 1. The molecule has 0 spiro atoms. The maximum Gasteiger partial charge on any atom is 0.184 e. The van der Waals surface area contributed by atoms with E-state index in [0.29, 0.717) is 0 Å². The van der Waals surface area contributed by atoms with Gasteiger partial charge in [-0.15, -0.1) is 0 Å². The number of nitrogens with one attached hydrogen (secondary N) is 1. The van der Waals surface area contributed by atoms with E-state index >= 15 is 0 Å². The molecule has 1 heterocycles. The number of aromatic nitrogens is 1. The Morgan fingerprint density at radius 2 is 2.33 bits per heavy atom. The Morgan fingerprint density at radius 1 is 1.67 bits per heavy atom. The van der Waals surface area contributed by atoms with Gasteiger partial charge in [0.15, 0.2) is 5.13 Å². The van der Waals surface area contributed by atoms with Gasteiger partial charge < -0.3 is 5.32 Å². The molecule has 0 amide bonds. The van der Waals surface area contributed by atoms with Gasteiger partial charge in [0, 0.05) is 5.54 Å². The molecule has 1 rings (SSSR count). The molecule has 68 valence electrons. The summed E-state index contributed by atoms with van der Waals surface area (Å²) in [4.78, 5) is 4.12. The maximum atomic E-state index is 5.75. The lowest BCUT2D eigenvalue weighted by atomic mass is 10.0. The molecule has 0 aliphatic heterocycles. The van der Waals surface area contributed by atoms with Crippen molar-refractivity contribution in [2.45, 2.75) is 32.7 Å². The Kier molecular flexibility index (Phi) is 2.96. The quantitative estimate of drug-likeness (QED) is 0.817. The second kappa shape index (κ2) is 3.62. The van der Waals surface area contributed by atoms with Crippen LogP contribution in [0.3, 0.4) is 0 Å². The third-order valence-electron chi connectivity index (χ3n) is 1.81. The average Bonchev–Trinajstić information content (AvgIpc) is 2.35. The summed E-state index contributed by atoms with van der Waals surface area (Å²) in [5.41, 5.74) is 0.0984. The first kappa shape index (κ1) is 9.81. The molecule has 0 aliphatic rings. The smallest absolute Gasteiger partial charge is 0.184 e. The zero-order chi connectivity index (χ0) is 9.19. The second-order valence-electron chi connectivity index (χ2n) is 3.33. The highest BCUT2D eigenvalue weighted by atomic mass is 35.5. The SMILES string of the molecule is CCC(C)(C)Nc1ncc(Cl)s1. The normalized spacial score (nSPS) is 11.7. The number of halogens is 1. The van der Waals surface area contributed by atoms with Gasteiger partial charge in [0.05, 0.1) is 6.20 Å². The van der Waals surface area contributed by atoms with Gasteiger partial charge in [-0.1, -0.05) is 29.9 Å². The summed E-state index contributed by atoms with van der Waals surface area (Å²) < 4.78 is 0.726. The van der Waals surface area contributed by atoms with Crippen molar-refractivity contribution < 1.29 is 0 Å². The molecule has 2 nitrogen and oxygen atoms in total. The summed E-state index contributed by atoms with van der Waals surface area (Å²) in [5.74, 6) is 0. The van der Waals surface area contributed by atoms with E-state index in [1.165, 1.54) is 11.3 Å². The first-order valence-corrected chi connectivity index (χ1v) is 5.12. The average molecular weight is 205 g/mol. The van der Waals surface area contributed by atoms with E-state index in [1.807, 2.05) is 0 Å². The van der Waals surface area contributed by atoms with Crippen LogP contribution in [-0.2, 0) is 0 Å². The molecule has 4 heteroatoms. The van der Waals surface area contributed by atoms with Gasteiger partial charge in [0.1, 0.15) is 4.34 Å². The van der Waals surface area contributed by atoms with Crippen LogP contribution in [0.5, 0.6) is 0 Å². The van der Waals surface area contributed by atoms with E-state index in [4.69, 9.17) is 11.6 Å². The van der Waals surface area contributed by atoms with Crippen LogP contribution < -0.4 is 5.32 Å². The molecule has 12 heavy (non-hydrogen) atoms. The molecule has 0 saturated carbocycles. The highest BCUT2D eigenvalue weighted by Gasteiger charge is 2.15. The Hall–Kier alpha value is -0.280. The topological polar surface area (TPSA) is 24.9 Å². The largest absolute Gasteiger partial charge is 0.357 e. The van der Waals surface area contributed by atoms with Crippen molar-refractivity contribution in [1.82, 2.24) is 4.98 Å². The molecule has 0 saturated heterocycles. The van der Waals surface area contributed by atoms with Crippen LogP contribution in [0.4, 0.5) is 5.13 Å². The highest BCUT2D eigenvalue weighted by molar-refractivity contribution is 7.19. The number of hydrogen-bond donors (Lipinski definition) is 1. The van der Waals surface area contributed by atoms with E-state index in [9.17, 15) is 0 Å². The van der Waals surface area contributed by atoms with Crippen molar-refractivity contribution in [3.8, 4) is 0 Å². The van der Waals surface area contributed by atoms with E-state index in [2.05, 4.69) is 31.1 Å². The Labute approximate surface area is 82.0 Å². The molecular formula is C8H13ClN2S. The van der Waals surface area contributed by atoms with Gasteiger partial charge in [-0.3, -0.25) is 0 Å². The molecule has 1 aromatic heterocycles. The fraction of sp³-hybridized carbons (Fsp3) is 0.625. The van der Waals surface area contributed by atoms with Crippen LogP contribution in [0.2, 0.25) is 4.34 Å². The minimum absolute atomic E-state index is 0.0984. The van der Waals surface area contributed by atoms with E-state index in [1.54, 1.807) is 6.20 Å². The Bertz CT molecular complexity index is 257. The lowest BCUT2D eigenvalue weighted by Crippen LogP contribution is -2.29. The zero-order valence-corrected chi connectivity index (χ0v) is 9.09. The first-order chi connectivity index (χ1) is 5.53. The zero-order valence-electron chi connectivity index (χ0n) is 7.52. The number of hydrogen-bond acceptors (Lipinski definition) is 3. The van der Waals surface area contributed by atoms with Crippen LogP contribution in [0.1, 0.15) is 27.2 Å². The van der Waals surface area contributed by atoms with Gasteiger partial charge in [-0.05, 0) is 20.3 Å². The van der Waals surface area contributed by atoms with Crippen LogP contribution in [0.15, 0.2) is 6.20 Å². The molecule has 0 unspecified atom stereocenters. The third-order valence-corrected chi connectivity index (χ3v) is 2.84. The standard InChI is InChI=1S/C8H13ClN2S/c1-4-8(2,3)11-7-10-5-6(9)12-7/h5H,4H2,1-3H3,(H,10,11). The van der Waals surface area contributed by atoms with E-state index in [-0.39, 0.29) is 5.54 Å². The summed E-state index contributed by atoms with van der Waals surface area (Å²) in [6.07, 6.45) is 2.73. The summed E-state index contributed by atoms with van der Waals surface area (Å²) in [5, 5.41) is 4.21.